The van der Waals surface area contributed by atoms with Gasteiger partial charge in [0.1, 0.15) is 0 Å². The van der Waals surface area contributed by atoms with Gasteiger partial charge in [0, 0.05) is 38.1 Å². The molecule has 0 aliphatic carbocycles. The first kappa shape index (κ1) is 30.3. The normalized spacial score (nSPS) is 13.8. The van der Waals surface area contributed by atoms with Crippen LogP contribution in [0.25, 0.3) is 0 Å². The second-order valence-electron chi connectivity index (χ2n) is 9.13. The van der Waals surface area contributed by atoms with Crippen molar-refractivity contribution in [3.63, 3.8) is 0 Å². The van der Waals surface area contributed by atoms with Crippen LogP contribution in [0.2, 0.25) is 0 Å². The van der Waals surface area contributed by atoms with Crippen LogP contribution in [-0.2, 0) is 19.7 Å². The number of nitrogens with one attached hydrogen (secondary N) is 3. The van der Waals surface area contributed by atoms with E-state index in [1.165, 1.54) is 6.07 Å². The quantitative estimate of drug-likeness (QED) is 0.235. The smallest absolute Gasteiger partial charge is 0.335 e. The zero-order chi connectivity index (χ0) is 30.3. The zero-order valence-electron chi connectivity index (χ0n) is 21.9. The first-order valence-corrected chi connectivity index (χ1v) is 14.1. The average molecular weight is 605 g/mol. The number of piperidine rings is 1. The highest BCUT2D eigenvalue weighted by molar-refractivity contribution is 7.89. The van der Waals surface area contributed by atoms with Crippen LogP contribution in [0.1, 0.15) is 40.0 Å². The van der Waals surface area contributed by atoms with E-state index in [4.69, 9.17) is 5.11 Å². The van der Waals surface area contributed by atoms with Crippen molar-refractivity contribution < 1.29 is 41.5 Å². The fourth-order valence-corrected chi connectivity index (χ4v) is 4.92. The topological polar surface area (TPSA) is 180 Å². The highest BCUT2D eigenvalue weighted by atomic mass is 32.2. The van der Waals surface area contributed by atoms with Crippen molar-refractivity contribution in [2.45, 2.75) is 30.2 Å². The Labute approximate surface area is 238 Å². The minimum atomic E-state index is -4.30. The van der Waals surface area contributed by atoms with Gasteiger partial charge in [-0.05, 0) is 60.2 Å². The summed E-state index contributed by atoms with van der Waals surface area (Å²) in [5.41, 5.74) is -0.680. The van der Waals surface area contributed by atoms with Crippen molar-refractivity contribution in [3.05, 3.63) is 77.6 Å². The van der Waals surface area contributed by atoms with Crippen LogP contribution in [0.3, 0.4) is 0 Å². The number of carbonyl (C=O) groups excluding carboxylic acids is 2. The Hall–Kier alpha value is -4.70. The van der Waals surface area contributed by atoms with Gasteiger partial charge >= 0.3 is 11.9 Å². The van der Waals surface area contributed by atoms with Crippen molar-refractivity contribution in [1.29, 1.82) is 0 Å². The Morgan fingerprint density at radius 2 is 1.67 bits per heavy atom. The first-order chi connectivity index (χ1) is 20.0. The number of aromatic nitrogens is 2. The summed E-state index contributed by atoms with van der Waals surface area (Å²) >= 11 is 0. The number of benzene rings is 2. The Bertz CT molecular complexity index is 1550. The third kappa shape index (κ3) is 7.52. The predicted octanol–water partition coefficient (Wildman–Crippen LogP) is 2.09. The molecule has 16 heteroatoms. The summed E-state index contributed by atoms with van der Waals surface area (Å²) in [7, 11) is -4.30. The van der Waals surface area contributed by atoms with E-state index >= 15 is 0 Å². The largest absolute Gasteiger partial charge is 0.478 e. The monoisotopic (exact) mass is 604 g/mol. The van der Waals surface area contributed by atoms with Gasteiger partial charge < -0.3 is 25.5 Å². The molecule has 4 N–H and O–H groups in total. The molecule has 0 unspecified atom stereocenters. The van der Waals surface area contributed by atoms with Crippen LogP contribution in [-0.4, -0.2) is 67.0 Å². The number of sulfonamides is 1. The molecule has 1 fully saturated rings. The van der Waals surface area contributed by atoms with Crippen molar-refractivity contribution >= 4 is 39.5 Å². The number of hydrogen-bond donors (Lipinski definition) is 4. The second-order valence-corrected chi connectivity index (χ2v) is 10.8. The molecule has 0 radical (unpaired) electrons. The Morgan fingerprint density at radius 3 is 2.31 bits per heavy atom. The molecule has 4 rings (SSSR count). The third-order valence-corrected chi connectivity index (χ3v) is 7.53. The zero-order valence-corrected chi connectivity index (χ0v) is 22.7. The van der Waals surface area contributed by atoms with Crippen LogP contribution in [0.15, 0.2) is 59.8 Å². The minimum absolute atomic E-state index is 0.0203. The fourth-order valence-electron chi connectivity index (χ4n) is 4.13. The lowest BCUT2D eigenvalue weighted by Gasteiger charge is -2.34. The predicted molar refractivity (Wildman–Crippen MR) is 144 cm³/mol. The Kier molecular flexibility index (Phi) is 9.59. The van der Waals surface area contributed by atoms with Gasteiger partial charge in [0.25, 0.3) is 15.9 Å². The third-order valence-electron chi connectivity index (χ3n) is 6.33. The maximum absolute atomic E-state index is 14.9. The van der Waals surface area contributed by atoms with Crippen LogP contribution in [0.4, 0.5) is 20.4 Å². The fraction of sp³-hybridized carbons (Fsp3) is 0.269. The van der Waals surface area contributed by atoms with Crippen LogP contribution < -0.4 is 20.4 Å². The van der Waals surface area contributed by atoms with E-state index in [1.807, 2.05) is 0 Å². The van der Waals surface area contributed by atoms with Crippen molar-refractivity contribution in [1.82, 2.24) is 20.2 Å². The number of anilines is 2. The summed E-state index contributed by atoms with van der Waals surface area (Å²) in [6.45, 7) is 0.513. The molecule has 0 atom stereocenters. The molecular weight excluding hydrogens is 578 g/mol. The number of halogens is 2. The molecule has 2 aromatic carbocycles. The molecule has 0 spiro atoms. The maximum Gasteiger partial charge on any atom is 0.335 e. The number of carbonyl (C=O) groups is 3. The molecule has 1 aliphatic heterocycles. The number of rotatable bonds is 11. The van der Waals surface area contributed by atoms with Crippen LogP contribution >= 0.6 is 0 Å². The number of nitrogens with zero attached hydrogens (tertiary/aromatic N) is 3. The highest BCUT2D eigenvalue weighted by Crippen LogP contribution is 2.27. The van der Waals surface area contributed by atoms with Crippen molar-refractivity contribution in [2.24, 2.45) is 0 Å². The molecule has 222 valence electrons. The van der Waals surface area contributed by atoms with E-state index in [2.05, 4.69) is 25.4 Å². The molecule has 1 aliphatic rings. The number of hydrogen-bond acceptors (Lipinski definition) is 10. The van der Waals surface area contributed by atoms with E-state index in [9.17, 15) is 31.6 Å². The van der Waals surface area contributed by atoms with E-state index < -0.39 is 51.5 Å². The van der Waals surface area contributed by atoms with E-state index in [1.54, 1.807) is 28.2 Å². The molecule has 0 bridgehead atoms. The molecule has 1 amide bonds. The van der Waals surface area contributed by atoms with Crippen molar-refractivity contribution in [2.75, 3.05) is 29.9 Å². The number of carboxylic acid groups (broad SMARTS) is 1. The molecule has 13 nitrogen and oxygen atoms in total. The molecule has 1 aromatic heterocycles. The summed E-state index contributed by atoms with van der Waals surface area (Å²) in [4.78, 5) is 50.9. The van der Waals surface area contributed by atoms with Gasteiger partial charge in [-0.25, -0.2) is 32.0 Å². The molecule has 3 aromatic rings. The SMILES string of the molecule is O=C(CCNC(=O)c1ccc(N2CCC(Nc3ncccn3)CC2)c(F)c1F)ONS(=O)(=O)c1ccc(C(=O)O)cc1. The second kappa shape index (κ2) is 13.3. The highest BCUT2D eigenvalue weighted by Gasteiger charge is 2.26. The lowest BCUT2D eigenvalue weighted by molar-refractivity contribution is -0.146. The van der Waals surface area contributed by atoms with Gasteiger partial charge in [-0.2, -0.15) is 0 Å². The molecule has 2 heterocycles. The molecule has 42 heavy (non-hydrogen) atoms. The summed E-state index contributed by atoms with van der Waals surface area (Å²) in [6.07, 6.45) is 4.00. The summed E-state index contributed by atoms with van der Waals surface area (Å²) in [5, 5.41) is 14.3. The molecule has 1 saturated heterocycles. The number of carboxylic acids is 1. The number of amides is 1. The van der Waals surface area contributed by atoms with Gasteiger partial charge in [0.05, 0.1) is 28.1 Å². The molecular formula is C26H26F2N6O7S. The van der Waals surface area contributed by atoms with Gasteiger partial charge in [0.2, 0.25) is 5.95 Å². The summed E-state index contributed by atoms with van der Waals surface area (Å²) in [6, 6.07) is 8.37. The van der Waals surface area contributed by atoms with E-state index in [0.29, 0.717) is 31.9 Å². The maximum atomic E-state index is 14.9. The van der Waals surface area contributed by atoms with E-state index in [-0.39, 0.29) is 28.7 Å². The Morgan fingerprint density at radius 1 is 1.00 bits per heavy atom. The van der Waals surface area contributed by atoms with Crippen LogP contribution in [0, 0.1) is 11.6 Å². The van der Waals surface area contributed by atoms with E-state index in [0.717, 1.165) is 30.3 Å². The van der Waals surface area contributed by atoms with Gasteiger partial charge in [-0.1, -0.05) is 0 Å². The lowest BCUT2D eigenvalue weighted by Crippen LogP contribution is -2.40. The Balaban J connectivity index is 1.24. The number of aromatic carboxylic acids is 1. The lowest BCUT2D eigenvalue weighted by atomic mass is 10.0. The van der Waals surface area contributed by atoms with Crippen LogP contribution in [0.5, 0.6) is 0 Å². The van der Waals surface area contributed by atoms with Crippen molar-refractivity contribution in [3.8, 4) is 0 Å². The standard InChI is InChI=1S/C26H26F2N6O7S/c27-22-19(6-7-20(23(22)28)34-14-9-17(10-15-34)32-26-30-11-1-12-31-26)24(36)29-13-8-21(35)41-33-42(39,40)18-4-2-16(3-5-18)25(37)38/h1-7,11-12,17,33H,8-10,13-15H2,(H,29,36)(H,37,38)(H,30,31,32). The summed E-state index contributed by atoms with van der Waals surface area (Å²) in [5.74, 6) is -5.32. The first-order valence-electron chi connectivity index (χ1n) is 12.6. The minimum Gasteiger partial charge on any atom is -0.478 e. The van der Waals surface area contributed by atoms with Gasteiger partial charge in [-0.15, -0.1) is 0 Å². The van der Waals surface area contributed by atoms with Gasteiger partial charge in [-0.3, -0.25) is 9.59 Å². The van der Waals surface area contributed by atoms with Gasteiger partial charge in [0.15, 0.2) is 11.6 Å². The molecule has 0 saturated carbocycles. The summed E-state index contributed by atoms with van der Waals surface area (Å²) < 4.78 is 54.1. The average Bonchev–Trinajstić information content (AvgIpc) is 2.98.